The second-order valence-electron chi connectivity index (χ2n) is 5.38. The zero-order valence-corrected chi connectivity index (χ0v) is 14.0. The summed E-state index contributed by atoms with van der Waals surface area (Å²) >= 11 is 0. The molecule has 0 atom stereocenters. The van der Waals surface area contributed by atoms with Crippen LogP contribution in [-0.2, 0) is 16.4 Å². The van der Waals surface area contributed by atoms with Gasteiger partial charge in [0.25, 0.3) is 0 Å². The van der Waals surface area contributed by atoms with Gasteiger partial charge in [0.05, 0.1) is 28.6 Å². The van der Waals surface area contributed by atoms with Gasteiger partial charge in [0.2, 0.25) is 0 Å². The van der Waals surface area contributed by atoms with Crippen LogP contribution in [0.5, 0.6) is 0 Å². The molecule has 2 aromatic heterocycles. The summed E-state index contributed by atoms with van der Waals surface area (Å²) in [5.74, 6) is 0.0826. The lowest BCUT2D eigenvalue weighted by atomic mass is 10.3. The van der Waals surface area contributed by atoms with Crippen LogP contribution in [0.15, 0.2) is 53.6 Å². The molecule has 0 aliphatic rings. The third-order valence-corrected chi connectivity index (χ3v) is 5.59. The molecule has 3 rings (SSSR count). The minimum absolute atomic E-state index is 0.0826. The maximum Gasteiger partial charge on any atom is 0.180 e. The van der Waals surface area contributed by atoms with E-state index in [9.17, 15) is 8.42 Å². The fourth-order valence-electron chi connectivity index (χ4n) is 2.51. The van der Waals surface area contributed by atoms with Crippen molar-refractivity contribution < 1.29 is 8.42 Å². The van der Waals surface area contributed by atoms with Crippen LogP contribution in [0, 0.1) is 6.92 Å². The van der Waals surface area contributed by atoms with Crippen LogP contribution in [0.3, 0.4) is 0 Å². The van der Waals surface area contributed by atoms with Gasteiger partial charge in [-0.15, -0.1) is 0 Å². The topological polar surface area (TPSA) is 63.5 Å². The van der Waals surface area contributed by atoms with Crippen molar-refractivity contribution in [2.45, 2.75) is 25.3 Å². The Kier molecular flexibility index (Phi) is 4.09. The first-order valence-corrected chi connectivity index (χ1v) is 9.16. The highest BCUT2D eigenvalue weighted by Gasteiger charge is 2.16. The Bertz CT molecular complexity index is 945. The molecule has 0 aliphatic heterocycles. The molecule has 0 saturated carbocycles. The van der Waals surface area contributed by atoms with E-state index in [2.05, 4.69) is 10.3 Å². The highest BCUT2D eigenvalue weighted by Crippen LogP contribution is 2.22. The lowest BCUT2D eigenvalue weighted by Gasteiger charge is -2.10. The molecule has 3 aromatic rings. The number of fused-ring (bicyclic) bond motifs is 1. The van der Waals surface area contributed by atoms with Crippen LogP contribution in [0.4, 0.5) is 5.69 Å². The van der Waals surface area contributed by atoms with Crippen LogP contribution in [0.2, 0.25) is 0 Å². The minimum Gasteiger partial charge on any atom is -0.378 e. The zero-order valence-electron chi connectivity index (χ0n) is 13.2. The first-order valence-electron chi connectivity index (χ1n) is 7.50. The summed E-state index contributed by atoms with van der Waals surface area (Å²) in [5, 5.41) is 3.20. The van der Waals surface area contributed by atoms with Gasteiger partial charge in [-0.2, -0.15) is 0 Å². The van der Waals surface area contributed by atoms with Gasteiger partial charge in [-0.25, -0.2) is 13.4 Å². The third kappa shape index (κ3) is 3.07. The summed E-state index contributed by atoms with van der Waals surface area (Å²) in [5.41, 5.74) is 3.47. The fraction of sp³-hybridized carbons (Fsp3) is 0.235. The van der Waals surface area contributed by atoms with Crippen LogP contribution in [-0.4, -0.2) is 23.6 Å². The summed E-state index contributed by atoms with van der Waals surface area (Å²) in [6.45, 7) is 4.14. The molecule has 5 nitrogen and oxygen atoms in total. The molecule has 120 valence electrons. The number of hydrogen-bond donors (Lipinski definition) is 1. The Morgan fingerprint density at radius 2 is 1.91 bits per heavy atom. The number of benzene rings is 1. The number of nitrogens with one attached hydrogen (secondary N) is 1. The van der Waals surface area contributed by atoms with Crippen molar-refractivity contribution in [1.82, 2.24) is 9.38 Å². The lowest BCUT2D eigenvalue weighted by Crippen LogP contribution is -2.09. The van der Waals surface area contributed by atoms with Gasteiger partial charge in [-0.3, -0.25) is 0 Å². The summed E-state index contributed by atoms with van der Waals surface area (Å²) in [6.07, 6.45) is 1.97. The van der Waals surface area contributed by atoms with Crippen molar-refractivity contribution in [3.63, 3.8) is 0 Å². The maximum absolute atomic E-state index is 12.2. The number of para-hydroxylation sites is 1. The Labute approximate surface area is 135 Å². The largest absolute Gasteiger partial charge is 0.378 e. The van der Waals surface area contributed by atoms with Crippen molar-refractivity contribution in [2.75, 3.05) is 11.1 Å². The van der Waals surface area contributed by atoms with Crippen molar-refractivity contribution >= 4 is 21.2 Å². The molecule has 0 radical (unpaired) electrons. The van der Waals surface area contributed by atoms with Crippen LogP contribution in [0.1, 0.15) is 18.3 Å². The van der Waals surface area contributed by atoms with Gasteiger partial charge in [-0.1, -0.05) is 25.1 Å². The zero-order chi connectivity index (χ0) is 16.4. The van der Waals surface area contributed by atoms with Crippen LogP contribution < -0.4 is 5.32 Å². The van der Waals surface area contributed by atoms with Gasteiger partial charge >= 0.3 is 0 Å². The highest BCUT2D eigenvalue weighted by atomic mass is 32.2. The first-order chi connectivity index (χ1) is 11.0. The van der Waals surface area contributed by atoms with Crippen LogP contribution in [0.25, 0.3) is 5.65 Å². The number of imidazole rings is 1. The number of rotatable bonds is 5. The quantitative estimate of drug-likeness (QED) is 0.781. The fourth-order valence-corrected chi connectivity index (χ4v) is 3.58. The molecule has 23 heavy (non-hydrogen) atoms. The molecule has 1 N–H and O–H groups in total. The van der Waals surface area contributed by atoms with Gasteiger partial charge in [-0.05, 0) is 31.2 Å². The lowest BCUT2D eigenvalue weighted by molar-refractivity contribution is 0.597. The Balaban J connectivity index is 1.87. The van der Waals surface area contributed by atoms with E-state index in [0.29, 0.717) is 17.1 Å². The molecular formula is C17H19N3O2S. The standard InChI is InChI=1S/C17H19N3O2S/c1-3-23(21,22)16-9-5-4-8-15(16)18-11-14-12-20-13(2)7-6-10-17(20)19-14/h4-10,12,18H,3,11H2,1-2H3. The molecule has 0 bridgehead atoms. The third-order valence-electron chi connectivity index (χ3n) is 3.81. The number of hydrogen-bond acceptors (Lipinski definition) is 4. The Morgan fingerprint density at radius 3 is 2.65 bits per heavy atom. The van der Waals surface area contributed by atoms with Crippen molar-refractivity contribution in [3.05, 3.63) is 60.0 Å². The molecule has 0 saturated heterocycles. The maximum atomic E-state index is 12.2. The van der Waals surface area contributed by atoms with E-state index in [-0.39, 0.29) is 5.75 Å². The van der Waals surface area contributed by atoms with E-state index in [1.165, 1.54) is 0 Å². The van der Waals surface area contributed by atoms with Crippen molar-refractivity contribution in [1.29, 1.82) is 0 Å². The van der Waals surface area contributed by atoms with E-state index < -0.39 is 9.84 Å². The normalized spacial score (nSPS) is 11.7. The molecule has 0 spiro atoms. The smallest absolute Gasteiger partial charge is 0.180 e. The Hall–Kier alpha value is -2.34. The number of sulfone groups is 1. The van der Waals surface area contributed by atoms with E-state index in [1.54, 1.807) is 25.1 Å². The predicted molar refractivity (Wildman–Crippen MR) is 91.4 cm³/mol. The second kappa shape index (κ2) is 6.04. The van der Waals surface area contributed by atoms with E-state index >= 15 is 0 Å². The van der Waals surface area contributed by atoms with E-state index in [4.69, 9.17) is 0 Å². The highest BCUT2D eigenvalue weighted by molar-refractivity contribution is 7.91. The molecule has 1 aromatic carbocycles. The number of anilines is 1. The SMILES string of the molecule is CCS(=O)(=O)c1ccccc1NCc1cn2c(C)cccc2n1. The van der Waals surface area contributed by atoms with Crippen molar-refractivity contribution in [3.8, 4) is 0 Å². The molecule has 2 heterocycles. The molecule has 0 fully saturated rings. The average molecular weight is 329 g/mol. The molecule has 0 amide bonds. The molecular weight excluding hydrogens is 310 g/mol. The molecule has 0 unspecified atom stereocenters. The Morgan fingerprint density at radius 1 is 1.13 bits per heavy atom. The summed E-state index contributed by atoms with van der Waals surface area (Å²) in [6, 6.07) is 12.9. The molecule has 6 heteroatoms. The second-order valence-corrected chi connectivity index (χ2v) is 7.63. The van der Waals surface area contributed by atoms with Gasteiger partial charge in [0, 0.05) is 11.9 Å². The van der Waals surface area contributed by atoms with E-state index in [1.807, 2.05) is 41.8 Å². The van der Waals surface area contributed by atoms with Crippen molar-refractivity contribution in [2.24, 2.45) is 0 Å². The molecule has 0 aliphatic carbocycles. The number of aryl methyl sites for hydroxylation is 1. The van der Waals surface area contributed by atoms with Gasteiger partial charge in [0.15, 0.2) is 9.84 Å². The van der Waals surface area contributed by atoms with E-state index in [0.717, 1.165) is 17.0 Å². The monoisotopic (exact) mass is 329 g/mol. The summed E-state index contributed by atoms with van der Waals surface area (Å²) < 4.78 is 26.3. The number of nitrogens with zero attached hydrogens (tertiary/aromatic N) is 2. The van der Waals surface area contributed by atoms with Gasteiger partial charge in [0.1, 0.15) is 5.65 Å². The summed E-state index contributed by atoms with van der Waals surface area (Å²) in [7, 11) is -3.25. The van der Waals surface area contributed by atoms with Gasteiger partial charge < -0.3 is 9.72 Å². The first kappa shape index (κ1) is 15.6. The predicted octanol–water partition coefficient (Wildman–Crippen LogP) is 3.05. The minimum atomic E-state index is -3.25. The van der Waals surface area contributed by atoms with Crippen LogP contribution >= 0.6 is 0 Å². The average Bonchev–Trinajstić information content (AvgIpc) is 2.98. The number of pyridine rings is 1. The number of aromatic nitrogens is 2. The summed E-state index contributed by atoms with van der Waals surface area (Å²) in [4.78, 5) is 4.89.